The van der Waals surface area contributed by atoms with Crippen molar-refractivity contribution in [3.63, 3.8) is 0 Å². The molecule has 1 aromatic carbocycles. The third-order valence-electron chi connectivity index (χ3n) is 3.17. The topological polar surface area (TPSA) is 0 Å². The summed E-state index contributed by atoms with van der Waals surface area (Å²) in [7, 11) is 1.48. The van der Waals surface area contributed by atoms with Crippen molar-refractivity contribution in [1.82, 2.24) is 0 Å². The minimum Gasteiger partial charge on any atom is -0.147 e. The standard InChI is InChI=1S/C13H14P.3ClH.Zr/c1-9-10(2)13(14-11(9)3)12-7-5-4-6-8-12;;;;/h4-8H,1-3H3;3*1H;. The zero-order valence-electron chi connectivity index (χ0n) is 10.6. The first-order valence-electron chi connectivity index (χ1n) is 5.11. The number of benzene rings is 1. The molecule has 1 atom stereocenters. The van der Waals surface area contributed by atoms with Crippen LogP contribution in [0.3, 0.4) is 0 Å². The van der Waals surface area contributed by atoms with Crippen molar-refractivity contribution < 1.29 is 24.7 Å². The van der Waals surface area contributed by atoms with E-state index in [0.717, 1.165) is 0 Å². The smallest absolute Gasteiger partial charge is 0.147 e. The second-order valence-corrected chi connectivity index (χ2v) is 8.47. The van der Waals surface area contributed by atoms with Crippen LogP contribution in [0.2, 0.25) is 0 Å². The van der Waals surface area contributed by atoms with Gasteiger partial charge in [0, 0.05) is 0 Å². The predicted octanol–water partition coefficient (Wildman–Crippen LogP) is 5.14. The van der Waals surface area contributed by atoms with Gasteiger partial charge in [-0.2, -0.15) is 0 Å². The van der Waals surface area contributed by atoms with Crippen molar-refractivity contribution in [3.8, 4) is 0 Å². The van der Waals surface area contributed by atoms with E-state index in [0.29, 0.717) is 2.86 Å². The summed E-state index contributed by atoms with van der Waals surface area (Å²) in [6.07, 6.45) is 0. The maximum atomic E-state index is 2.29. The third kappa shape index (κ3) is 3.71. The van der Waals surface area contributed by atoms with Crippen molar-refractivity contribution in [3.05, 3.63) is 47.0 Å². The van der Waals surface area contributed by atoms with Gasteiger partial charge in [-0.25, -0.2) is 0 Å². The number of allylic oxidation sites excluding steroid dienone is 2. The Bertz CT molecular complexity index is 457. The average molecular weight is 402 g/mol. The van der Waals surface area contributed by atoms with Crippen molar-refractivity contribution >= 4 is 50.7 Å². The average Bonchev–Trinajstić information content (AvgIpc) is 2.45. The van der Waals surface area contributed by atoms with Crippen LogP contribution in [-0.4, -0.2) is 5.29 Å². The van der Waals surface area contributed by atoms with Crippen LogP contribution in [0.15, 0.2) is 41.5 Å². The van der Waals surface area contributed by atoms with E-state index < -0.39 is 0 Å². The summed E-state index contributed by atoms with van der Waals surface area (Å²) in [5.41, 5.74) is 4.54. The Morgan fingerprint density at radius 3 is 1.83 bits per heavy atom. The molecule has 0 aromatic heterocycles. The third-order valence-corrected chi connectivity index (χ3v) is 7.23. The Balaban J connectivity index is 0. The largest absolute Gasteiger partial charge is 0.147 e. The van der Waals surface area contributed by atoms with Crippen molar-refractivity contribution in [1.29, 1.82) is 0 Å². The van der Waals surface area contributed by atoms with E-state index in [9.17, 15) is 0 Å². The van der Waals surface area contributed by atoms with E-state index in [1.807, 2.05) is 0 Å². The Hall–Kier alpha value is 0.883. The number of rotatable bonds is 1. The molecular formula is C13H17Cl3PZr. The molecule has 99 valence electrons. The van der Waals surface area contributed by atoms with Crippen molar-refractivity contribution in [2.45, 2.75) is 23.6 Å². The SMILES string of the molecule is CC1=P[C]([Zr])(c2ccccc2)C(C)=C1C.Cl.Cl.Cl. The predicted molar refractivity (Wildman–Crippen MR) is 85.8 cm³/mol. The van der Waals surface area contributed by atoms with Crippen LogP contribution >= 0.6 is 45.4 Å². The molecule has 5 heteroatoms. The van der Waals surface area contributed by atoms with Gasteiger partial charge in [0.15, 0.2) is 0 Å². The van der Waals surface area contributed by atoms with Gasteiger partial charge < -0.3 is 0 Å². The summed E-state index contributed by atoms with van der Waals surface area (Å²) in [4.78, 5) is 0. The summed E-state index contributed by atoms with van der Waals surface area (Å²) in [5, 5.41) is 1.54. The second-order valence-electron chi connectivity index (χ2n) is 4.02. The Morgan fingerprint density at radius 1 is 0.944 bits per heavy atom. The van der Waals surface area contributed by atoms with Gasteiger partial charge in [0.2, 0.25) is 0 Å². The summed E-state index contributed by atoms with van der Waals surface area (Å²) in [6.45, 7) is 6.81. The molecule has 1 heterocycles. The molecule has 0 nitrogen and oxygen atoms in total. The number of hydrogen-bond acceptors (Lipinski definition) is 0. The van der Waals surface area contributed by atoms with Crippen LogP contribution in [-0.2, 0) is 27.6 Å². The maximum Gasteiger partial charge on any atom is -0.147 e. The van der Waals surface area contributed by atoms with Crippen LogP contribution in [0, 0.1) is 0 Å². The van der Waals surface area contributed by atoms with E-state index in [4.69, 9.17) is 0 Å². The molecule has 2 rings (SSSR count). The minimum absolute atomic E-state index is 0. The first-order chi connectivity index (χ1) is 7.05. The van der Waals surface area contributed by atoms with Crippen molar-refractivity contribution in [2.24, 2.45) is 0 Å². The normalized spacial score (nSPS) is 22.2. The fourth-order valence-electron chi connectivity index (χ4n) is 1.92. The van der Waals surface area contributed by atoms with E-state index in [1.54, 1.807) is 30.3 Å². The van der Waals surface area contributed by atoms with E-state index >= 15 is 0 Å². The molecule has 0 amide bonds. The first kappa shape index (κ1) is 21.2. The zero-order valence-corrected chi connectivity index (χ0v) is 16.4. The van der Waals surface area contributed by atoms with Crippen molar-refractivity contribution in [2.75, 3.05) is 0 Å². The monoisotopic (exact) mass is 399 g/mol. The van der Waals surface area contributed by atoms with Gasteiger partial charge in [-0.15, -0.1) is 37.2 Å². The molecule has 1 unspecified atom stereocenters. The van der Waals surface area contributed by atoms with Gasteiger partial charge in [-0.05, 0) is 0 Å². The molecular weight excluding hydrogens is 385 g/mol. The van der Waals surface area contributed by atoms with Crippen LogP contribution in [0.5, 0.6) is 0 Å². The van der Waals surface area contributed by atoms with Gasteiger partial charge >= 0.3 is 109 Å². The van der Waals surface area contributed by atoms with Gasteiger partial charge in [0.25, 0.3) is 0 Å². The minimum atomic E-state index is 0. The Kier molecular flexibility index (Phi) is 9.69. The Labute approximate surface area is 145 Å². The van der Waals surface area contributed by atoms with E-state index in [2.05, 4.69) is 51.1 Å². The number of halogens is 3. The van der Waals surface area contributed by atoms with Crippen LogP contribution in [0.25, 0.3) is 0 Å². The maximum absolute atomic E-state index is 2.29. The van der Waals surface area contributed by atoms with E-state index in [-0.39, 0.29) is 37.2 Å². The molecule has 0 spiro atoms. The quantitative estimate of drug-likeness (QED) is 0.571. The zero-order chi connectivity index (χ0) is 11.1. The van der Waals surface area contributed by atoms with Crippen LogP contribution in [0.4, 0.5) is 0 Å². The Morgan fingerprint density at radius 2 is 1.44 bits per heavy atom. The molecule has 1 aliphatic rings. The fourth-order valence-corrected chi connectivity index (χ4v) is 5.48. The van der Waals surface area contributed by atoms with Crippen LogP contribution in [0.1, 0.15) is 26.3 Å². The molecule has 1 aromatic rings. The molecule has 0 bridgehead atoms. The summed E-state index contributed by atoms with van der Waals surface area (Å²) in [6, 6.07) is 10.9. The fraction of sp³-hybridized carbons (Fsp3) is 0.308. The summed E-state index contributed by atoms with van der Waals surface area (Å²) >= 11 is 1.60. The summed E-state index contributed by atoms with van der Waals surface area (Å²) < 4.78 is 0.294. The van der Waals surface area contributed by atoms with Gasteiger partial charge in [0.05, 0.1) is 0 Å². The second kappa shape index (κ2) is 8.23. The van der Waals surface area contributed by atoms with Gasteiger partial charge in [-0.3, -0.25) is 0 Å². The summed E-state index contributed by atoms with van der Waals surface area (Å²) in [5.74, 6) is 0. The van der Waals surface area contributed by atoms with Gasteiger partial charge in [-0.1, -0.05) is 0 Å². The molecule has 0 aliphatic carbocycles. The molecule has 0 fully saturated rings. The molecule has 0 N–H and O–H groups in total. The van der Waals surface area contributed by atoms with Crippen LogP contribution < -0.4 is 0 Å². The molecule has 0 saturated heterocycles. The molecule has 0 radical (unpaired) electrons. The molecule has 1 aliphatic heterocycles. The molecule has 18 heavy (non-hydrogen) atoms. The van der Waals surface area contributed by atoms with E-state index in [1.165, 1.54) is 24.6 Å². The first-order valence-corrected chi connectivity index (χ1v) is 7.23. The van der Waals surface area contributed by atoms with Gasteiger partial charge in [0.1, 0.15) is 0 Å². The molecule has 0 saturated carbocycles. The number of hydrogen-bond donors (Lipinski definition) is 0.